The molecule has 1 heterocycles. The molecule has 0 spiro atoms. The fourth-order valence-electron chi connectivity index (χ4n) is 2.88. The van der Waals surface area contributed by atoms with Crippen molar-refractivity contribution in [2.45, 2.75) is 32.2 Å². The van der Waals surface area contributed by atoms with E-state index in [0.29, 0.717) is 5.92 Å². The van der Waals surface area contributed by atoms with Crippen LogP contribution in [0.2, 0.25) is 5.02 Å². The van der Waals surface area contributed by atoms with Crippen LogP contribution in [0.15, 0.2) is 18.2 Å². The molecule has 2 unspecified atom stereocenters. The van der Waals surface area contributed by atoms with Crippen molar-refractivity contribution < 1.29 is 4.74 Å². The van der Waals surface area contributed by atoms with Crippen LogP contribution in [0.4, 0.5) is 5.69 Å². The molecule has 0 radical (unpaired) electrons. The molecule has 0 amide bonds. The number of methoxy groups -OCH3 is 1. The molecular formula is C16H25ClN2O. The monoisotopic (exact) mass is 296 g/mol. The molecular weight excluding hydrogens is 272 g/mol. The minimum atomic E-state index is 0.199. The van der Waals surface area contributed by atoms with Crippen LogP contribution >= 0.6 is 11.6 Å². The highest BCUT2D eigenvalue weighted by atomic mass is 35.5. The van der Waals surface area contributed by atoms with Crippen LogP contribution in [0.3, 0.4) is 0 Å². The van der Waals surface area contributed by atoms with E-state index in [1.54, 1.807) is 7.11 Å². The lowest BCUT2D eigenvalue weighted by atomic mass is 10.0. The normalized spacial score (nSPS) is 20.4. The lowest BCUT2D eigenvalue weighted by Gasteiger charge is -2.23. The van der Waals surface area contributed by atoms with Gasteiger partial charge < -0.3 is 15.4 Å². The molecule has 3 nitrogen and oxygen atoms in total. The molecule has 2 atom stereocenters. The summed E-state index contributed by atoms with van der Waals surface area (Å²) >= 11 is 6.15. The summed E-state index contributed by atoms with van der Waals surface area (Å²) in [5.74, 6) is 0.628. The molecule has 1 aromatic rings. The zero-order valence-electron chi connectivity index (χ0n) is 12.4. The van der Waals surface area contributed by atoms with E-state index in [1.165, 1.54) is 17.7 Å². The summed E-state index contributed by atoms with van der Waals surface area (Å²) in [6.45, 7) is 5.11. The van der Waals surface area contributed by atoms with E-state index in [2.05, 4.69) is 24.0 Å². The third kappa shape index (κ3) is 3.87. The number of hydrogen-bond acceptors (Lipinski definition) is 3. The van der Waals surface area contributed by atoms with Gasteiger partial charge in [0.15, 0.2) is 0 Å². The van der Waals surface area contributed by atoms with E-state index in [0.717, 1.165) is 37.6 Å². The number of nitrogens with zero attached hydrogens (tertiary/aromatic N) is 1. The number of rotatable bonds is 6. The Kier molecular flexibility index (Phi) is 5.70. The van der Waals surface area contributed by atoms with E-state index < -0.39 is 0 Å². The fourth-order valence-corrected chi connectivity index (χ4v) is 3.07. The molecule has 0 aliphatic carbocycles. The quantitative estimate of drug-likeness (QED) is 0.877. The van der Waals surface area contributed by atoms with Gasteiger partial charge in [0.25, 0.3) is 0 Å². The first kappa shape index (κ1) is 15.6. The van der Waals surface area contributed by atoms with Gasteiger partial charge in [-0.25, -0.2) is 0 Å². The SMILES string of the molecule is CCC(N)Cc1cc(Cl)ccc1N1CCC(COC)C1. The molecule has 2 rings (SSSR count). The van der Waals surface area contributed by atoms with E-state index in [4.69, 9.17) is 22.1 Å². The van der Waals surface area contributed by atoms with Crippen molar-refractivity contribution in [2.75, 3.05) is 31.7 Å². The molecule has 20 heavy (non-hydrogen) atoms. The summed E-state index contributed by atoms with van der Waals surface area (Å²) in [4.78, 5) is 2.44. The molecule has 1 aliphatic heterocycles. The van der Waals surface area contributed by atoms with Crippen LogP contribution in [-0.2, 0) is 11.2 Å². The van der Waals surface area contributed by atoms with Crippen molar-refractivity contribution in [2.24, 2.45) is 11.7 Å². The van der Waals surface area contributed by atoms with E-state index in [-0.39, 0.29) is 6.04 Å². The molecule has 4 heteroatoms. The van der Waals surface area contributed by atoms with Crippen LogP contribution in [-0.4, -0.2) is 32.8 Å². The number of nitrogens with two attached hydrogens (primary N) is 1. The van der Waals surface area contributed by atoms with Crippen molar-refractivity contribution >= 4 is 17.3 Å². The van der Waals surface area contributed by atoms with Gasteiger partial charge in [0.2, 0.25) is 0 Å². The first-order valence-corrected chi connectivity index (χ1v) is 7.79. The van der Waals surface area contributed by atoms with Crippen molar-refractivity contribution in [3.8, 4) is 0 Å². The molecule has 1 fully saturated rings. The van der Waals surface area contributed by atoms with Crippen LogP contribution in [0.25, 0.3) is 0 Å². The Hall–Kier alpha value is -0.770. The minimum absolute atomic E-state index is 0.199. The topological polar surface area (TPSA) is 38.5 Å². The lowest BCUT2D eigenvalue weighted by molar-refractivity contribution is 0.161. The molecule has 1 aliphatic rings. The highest BCUT2D eigenvalue weighted by Gasteiger charge is 2.24. The van der Waals surface area contributed by atoms with Crippen LogP contribution in [0, 0.1) is 5.92 Å². The van der Waals surface area contributed by atoms with Crippen molar-refractivity contribution in [3.05, 3.63) is 28.8 Å². The van der Waals surface area contributed by atoms with Crippen LogP contribution in [0.1, 0.15) is 25.3 Å². The summed E-state index contributed by atoms with van der Waals surface area (Å²) < 4.78 is 5.27. The summed E-state index contributed by atoms with van der Waals surface area (Å²) in [6.07, 6.45) is 3.06. The molecule has 0 bridgehead atoms. The summed E-state index contributed by atoms with van der Waals surface area (Å²) in [5, 5.41) is 0.791. The second-order valence-electron chi connectivity index (χ2n) is 5.70. The van der Waals surface area contributed by atoms with Crippen molar-refractivity contribution in [1.82, 2.24) is 0 Å². The van der Waals surface area contributed by atoms with Gasteiger partial charge >= 0.3 is 0 Å². The minimum Gasteiger partial charge on any atom is -0.384 e. The highest BCUT2D eigenvalue weighted by molar-refractivity contribution is 6.30. The largest absolute Gasteiger partial charge is 0.384 e. The maximum absolute atomic E-state index is 6.15. The summed E-state index contributed by atoms with van der Waals surface area (Å²) in [7, 11) is 1.77. The average molecular weight is 297 g/mol. The first-order valence-electron chi connectivity index (χ1n) is 7.42. The van der Waals surface area contributed by atoms with Gasteiger partial charge in [-0.3, -0.25) is 0 Å². The van der Waals surface area contributed by atoms with Gasteiger partial charge in [-0.2, -0.15) is 0 Å². The third-order valence-electron chi connectivity index (χ3n) is 4.08. The molecule has 2 N–H and O–H groups in total. The van der Waals surface area contributed by atoms with Gasteiger partial charge in [-0.1, -0.05) is 18.5 Å². The molecule has 1 aromatic carbocycles. The zero-order chi connectivity index (χ0) is 14.5. The van der Waals surface area contributed by atoms with Crippen LogP contribution in [0.5, 0.6) is 0 Å². The second-order valence-corrected chi connectivity index (χ2v) is 6.14. The van der Waals surface area contributed by atoms with Gasteiger partial charge in [-0.05, 0) is 43.0 Å². The highest BCUT2D eigenvalue weighted by Crippen LogP contribution is 2.30. The Labute approximate surface area is 127 Å². The fraction of sp³-hybridized carbons (Fsp3) is 0.625. The first-order chi connectivity index (χ1) is 9.63. The Morgan fingerprint density at radius 1 is 1.50 bits per heavy atom. The Morgan fingerprint density at radius 3 is 3.00 bits per heavy atom. The van der Waals surface area contributed by atoms with E-state index >= 15 is 0 Å². The van der Waals surface area contributed by atoms with Crippen molar-refractivity contribution in [1.29, 1.82) is 0 Å². The smallest absolute Gasteiger partial charge is 0.0508 e. The number of benzene rings is 1. The van der Waals surface area contributed by atoms with Gasteiger partial charge in [0.1, 0.15) is 0 Å². The standard InChI is InChI=1S/C16H25ClN2O/c1-3-15(18)9-13-8-14(17)4-5-16(13)19-7-6-12(10-19)11-20-2/h4-5,8,12,15H,3,6-7,9-11,18H2,1-2H3. The maximum atomic E-state index is 6.15. The number of halogens is 1. The predicted molar refractivity (Wildman–Crippen MR) is 85.6 cm³/mol. The second kappa shape index (κ2) is 7.30. The van der Waals surface area contributed by atoms with Gasteiger partial charge in [0, 0.05) is 42.9 Å². The maximum Gasteiger partial charge on any atom is 0.0508 e. The van der Waals surface area contributed by atoms with E-state index in [1.807, 2.05) is 6.07 Å². The molecule has 1 saturated heterocycles. The van der Waals surface area contributed by atoms with Gasteiger partial charge in [0.05, 0.1) is 6.61 Å². The third-order valence-corrected chi connectivity index (χ3v) is 4.31. The summed E-state index contributed by atoms with van der Waals surface area (Å²) in [5.41, 5.74) is 8.67. The molecule has 0 saturated carbocycles. The Morgan fingerprint density at radius 2 is 2.30 bits per heavy atom. The van der Waals surface area contributed by atoms with Crippen molar-refractivity contribution in [3.63, 3.8) is 0 Å². The molecule has 112 valence electrons. The lowest BCUT2D eigenvalue weighted by Crippen LogP contribution is -2.26. The Balaban J connectivity index is 2.14. The predicted octanol–water partition coefficient (Wildman–Crippen LogP) is 3.09. The summed E-state index contributed by atoms with van der Waals surface area (Å²) in [6, 6.07) is 6.37. The molecule has 0 aromatic heterocycles. The van der Waals surface area contributed by atoms with Crippen LogP contribution < -0.4 is 10.6 Å². The number of hydrogen-bond donors (Lipinski definition) is 1. The van der Waals surface area contributed by atoms with E-state index in [9.17, 15) is 0 Å². The number of ether oxygens (including phenoxy) is 1. The van der Waals surface area contributed by atoms with Gasteiger partial charge in [-0.15, -0.1) is 0 Å². The zero-order valence-corrected chi connectivity index (χ0v) is 13.2. The Bertz CT molecular complexity index is 438. The average Bonchev–Trinajstić information content (AvgIpc) is 2.87. The number of anilines is 1.